The van der Waals surface area contributed by atoms with E-state index in [-0.39, 0.29) is 11.3 Å². The molecule has 0 aliphatic carbocycles. The molecule has 0 spiro atoms. The first kappa shape index (κ1) is 16.6. The quantitative estimate of drug-likeness (QED) is 0.586. The average Bonchev–Trinajstić information content (AvgIpc) is 2.91. The second-order valence-electron chi connectivity index (χ2n) is 5.56. The number of halogens is 1. The van der Waals surface area contributed by atoms with Gasteiger partial charge in [0.15, 0.2) is 0 Å². The van der Waals surface area contributed by atoms with Crippen LogP contribution < -0.4 is 5.32 Å². The van der Waals surface area contributed by atoms with Crippen LogP contribution in [0.3, 0.4) is 0 Å². The maximum Gasteiger partial charge on any atom is 0.296 e. The van der Waals surface area contributed by atoms with Gasteiger partial charge in [0.05, 0.1) is 28.3 Å². The Morgan fingerprint density at radius 3 is 2.32 bits per heavy atom. The Labute approximate surface area is 144 Å². The van der Waals surface area contributed by atoms with Crippen LogP contribution in [0.4, 0.5) is 10.1 Å². The molecule has 3 rings (SSSR count). The molecule has 1 aromatic heterocycles. The largest absolute Gasteiger partial charge is 0.317 e. The van der Waals surface area contributed by atoms with Crippen molar-refractivity contribution in [1.82, 2.24) is 9.78 Å². The van der Waals surface area contributed by atoms with E-state index in [1.807, 2.05) is 30.3 Å². The molecule has 6 heteroatoms. The van der Waals surface area contributed by atoms with Crippen LogP contribution >= 0.6 is 0 Å². The van der Waals surface area contributed by atoms with E-state index >= 15 is 0 Å². The van der Waals surface area contributed by atoms with E-state index in [4.69, 9.17) is 0 Å². The number of Topliss-reactive ketones (excluding diaryl/α,β-unsaturated/α-hetero) is 1. The predicted molar refractivity (Wildman–Crippen MR) is 92.4 cm³/mol. The van der Waals surface area contributed by atoms with Crippen molar-refractivity contribution in [3.63, 3.8) is 0 Å². The number of anilines is 1. The summed E-state index contributed by atoms with van der Waals surface area (Å²) in [7, 11) is 0. The summed E-state index contributed by atoms with van der Waals surface area (Å²) in [6.45, 7) is 3.38. The molecule has 0 saturated heterocycles. The van der Waals surface area contributed by atoms with Crippen molar-refractivity contribution in [3.05, 3.63) is 77.4 Å². The van der Waals surface area contributed by atoms with Gasteiger partial charge in [-0.25, -0.2) is 9.07 Å². The summed E-state index contributed by atoms with van der Waals surface area (Å²) in [6.07, 6.45) is 0. The Balaban J connectivity index is 1.91. The number of rotatable bonds is 4. The molecule has 0 saturated carbocycles. The molecule has 2 aromatic carbocycles. The number of nitrogens with one attached hydrogen (secondary N) is 1. The first-order valence-corrected chi connectivity index (χ1v) is 7.71. The molecule has 0 radical (unpaired) electrons. The monoisotopic (exact) mass is 337 g/mol. The van der Waals surface area contributed by atoms with Crippen LogP contribution in [-0.4, -0.2) is 21.5 Å². The number of para-hydroxylation sites is 2. The highest BCUT2D eigenvalue weighted by atomic mass is 19.1. The van der Waals surface area contributed by atoms with Crippen LogP contribution in [-0.2, 0) is 4.79 Å². The van der Waals surface area contributed by atoms with Gasteiger partial charge in [-0.3, -0.25) is 9.59 Å². The van der Waals surface area contributed by atoms with Crippen LogP contribution in [0.5, 0.6) is 0 Å². The van der Waals surface area contributed by atoms with Crippen molar-refractivity contribution < 1.29 is 14.0 Å². The maximum absolute atomic E-state index is 13.7. The Kier molecular flexibility index (Phi) is 4.43. The van der Waals surface area contributed by atoms with Crippen LogP contribution in [0.2, 0.25) is 0 Å². The van der Waals surface area contributed by atoms with Gasteiger partial charge in [-0.15, -0.1) is 0 Å². The predicted octanol–water partition coefficient (Wildman–Crippen LogP) is 3.45. The summed E-state index contributed by atoms with van der Waals surface area (Å²) in [4.78, 5) is 24.8. The lowest BCUT2D eigenvalue weighted by Crippen LogP contribution is -2.24. The van der Waals surface area contributed by atoms with Gasteiger partial charge in [0, 0.05) is 0 Å². The smallest absolute Gasteiger partial charge is 0.296 e. The number of carbonyl (C=O) groups excluding carboxylic acids is 2. The second-order valence-corrected chi connectivity index (χ2v) is 5.56. The van der Waals surface area contributed by atoms with E-state index in [1.165, 1.54) is 18.2 Å². The molecule has 25 heavy (non-hydrogen) atoms. The topological polar surface area (TPSA) is 64.0 Å². The van der Waals surface area contributed by atoms with Crippen molar-refractivity contribution in [3.8, 4) is 5.69 Å². The Bertz CT molecular complexity index is 949. The molecular formula is C19H16FN3O2. The number of nitrogens with zero attached hydrogens (tertiary/aromatic N) is 2. The second kappa shape index (κ2) is 6.68. The molecule has 1 heterocycles. The first-order valence-electron chi connectivity index (χ1n) is 7.71. The van der Waals surface area contributed by atoms with Crippen LogP contribution in [0.25, 0.3) is 5.69 Å². The molecule has 0 unspecified atom stereocenters. The van der Waals surface area contributed by atoms with Gasteiger partial charge in [-0.05, 0) is 38.1 Å². The molecule has 126 valence electrons. The average molecular weight is 337 g/mol. The highest BCUT2D eigenvalue weighted by Gasteiger charge is 2.25. The fourth-order valence-corrected chi connectivity index (χ4v) is 2.65. The standard InChI is InChI=1S/C19H16FN3O2/c1-12-17(13(2)23(22-12)14-8-4-3-5-9-14)18(24)19(25)21-16-11-7-6-10-15(16)20/h3-11H,1-2H3,(H,21,25). The highest BCUT2D eigenvalue weighted by molar-refractivity contribution is 6.47. The number of amides is 1. The Morgan fingerprint density at radius 1 is 1.00 bits per heavy atom. The van der Waals surface area contributed by atoms with Gasteiger partial charge in [0.2, 0.25) is 0 Å². The van der Waals surface area contributed by atoms with Gasteiger partial charge in [-0.1, -0.05) is 30.3 Å². The SMILES string of the molecule is Cc1nn(-c2ccccc2)c(C)c1C(=O)C(=O)Nc1ccccc1F. The normalized spacial score (nSPS) is 10.5. The lowest BCUT2D eigenvalue weighted by Gasteiger charge is -2.06. The van der Waals surface area contributed by atoms with Crippen molar-refractivity contribution in [2.45, 2.75) is 13.8 Å². The van der Waals surface area contributed by atoms with Crippen LogP contribution in [0.15, 0.2) is 54.6 Å². The lowest BCUT2D eigenvalue weighted by atomic mass is 10.1. The molecule has 3 aromatic rings. The zero-order chi connectivity index (χ0) is 18.0. The minimum absolute atomic E-state index is 0.0355. The fourth-order valence-electron chi connectivity index (χ4n) is 2.65. The third-order valence-electron chi connectivity index (χ3n) is 3.85. The minimum Gasteiger partial charge on any atom is -0.317 e. The summed E-state index contributed by atoms with van der Waals surface area (Å²) in [6, 6.07) is 15.0. The zero-order valence-electron chi connectivity index (χ0n) is 13.8. The van der Waals surface area contributed by atoms with E-state index in [0.717, 1.165) is 5.69 Å². The first-order chi connectivity index (χ1) is 12.0. The summed E-state index contributed by atoms with van der Waals surface area (Å²) in [5.74, 6) is -2.25. The van der Waals surface area contributed by atoms with E-state index in [2.05, 4.69) is 10.4 Å². The minimum atomic E-state index is -0.899. The Hall–Kier alpha value is -3.28. The molecular weight excluding hydrogens is 321 g/mol. The molecule has 0 atom stereocenters. The number of hydrogen-bond acceptors (Lipinski definition) is 3. The van der Waals surface area contributed by atoms with Gasteiger partial charge < -0.3 is 5.32 Å². The van der Waals surface area contributed by atoms with Crippen molar-refractivity contribution in [2.24, 2.45) is 0 Å². The van der Waals surface area contributed by atoms with E-state index < -0.39 is 17.5 Å². The highest BCUT2D eigenvalue weighted by Crippen LogP contribution is 2.19. The molecule has 0 aliphatic rings. The van der Waals surface area contributed by atoms with Crippen molar-refractivity contribution in [2.75, 3.05) is 5.32 Å². The number of benzene rings is 2. The van der Waals surface area contributed by atoms with Crippen LogP contribution in [0, 0.1) is 19.7 Å². The number of hydrogen-bond donors (Lipinski definition) is 1. The van der Waals surface area contributed by atoms with E-state index in [1.54, 1.807) is 24.6 Å². The van der Waals surface area contributed by atoms with E-state index in [9.17, 15) is 14.0 Å². The van der Waals surface area contributed by atoms with Crippen molar-refractivity contribution >= 4 is 17.4 Å². The molecule has 0 aliphatic heterocycles. The van der Waals surface area contributed by atoms with Gasteiger partial charge in [0.1, 0.15) is 5.82 Å². The van der Waals surface area contributed by atoms with Gasteiger partial charge in [-0.2, -0.15) is 5.10 Å². The molecule has 0 bridgehead atoms. The van der Waals surface area contributed by atoms with Gasteiger partial charge >= 0.3 is 0 Å². The third kappa shape index (κ3) is 3.19. The number of ketones is 1. The summed E-state index contributed by atoms with van der Waals surface area (Å²) >= 11 is 0. The summed E-state index contributed by atoms with van der Waals surface area (Å²) < 4.78 is 15.3. The number of aryl methyl sites for hydroxylation is 1. The van der Waals surface area contributed by atoms with Crippen LogP contribution in [0.1, 0.15) is 21.7 Å². The fraction of sp³-hybridized carbons (Fsp3) is 0.105. The number of carbonyl (C=O) groups is 2. The maximum atomic E-state index is 13.7. The van der Waals surface area contributed by atoms with Crippen molar-refractivity contribution in [1.29, 1.82) is 0 Å². The molecule has 0 fully saturated rings. The summed E-state index contributed by atoms with van der Waals surface area (Å²) in [5.41, 5.74) is 1.97. The third-order valence-corrected chi connectivity index (χ3v) is 3.85. The zero-order valence-corrected chi connectivity index (χ0v) is 13.8. The molecule has 1 amide bonds. The molecule has 5 nitrogen and oxygen atoms in total. The van der Waals surface area contributed by atoms with E-state index in [0.29, 0.717) is 11.4 Å². The summed E-state index contributed by atoms with van der Waals surface area (Å²) in [5, 5.41) is 6.66. The number of aromatic nitrogens is 2. The lowest BCUT2D eigenvalue weighted by molar-refractivity contribution is -0.112. The van der Waals surface area contributed by atoms with Gasteiger partial charge in [0.25, 0.3) is 11.7 Å². The Morgan fingerprint density at radius 2 is 1.64 bits per heavy atom. The molecule has 1 N–H and O–H groups in total.